The Kier molecular flexibility index (Phi) is 5.47. The third kappa shape index (κ3) is 4.76. The highest BCUT2D eigenvalue weighted by Gasteiger charge is 2.34. The Hall–Kier alpha value is -0.580. The first-order valence-corrected chi connectivity index (χ1v) is 9.69. The van der Waals surface area contributed by atoms with E-state index in [0.717, 1.165) is 18.8 Å². The lowest BCUT2D eigenvalue weighted by atomic mass is 9.85. The number of ether oxygens (including phenoxy) is 1. The Morgan fingerprint density at radius 3 is 2.50 bits per heavy atom. The van der Waals surface area contributed by atoms with Crippen molar-refractivity contribution in [1.29, 1.82) is 0 Å². The number of rotatable bonds is 5. The van der Waals surface area contributed by atoms with Gasteiger partial charge in [0.05, 0.1) is 23.5 Å². The smallest absolute Gasteiger partial charge is 0.310 e. The highest BCUT2D eigenvalue weighted by Crippen LogP contribution is 2.28. The molecule has 1 heterocycles. The van der Waals surface area contributed by atoms with Gasteiger partial charge in [-0.05, 0) is 32.1 Å². The topological polar surface area (TPSA) is 60.4 Å². The first kappa shape index (κ1) is 15.8. The van der Waals surface area contributed by atoms with Crippen LogP contribution in [0.1, 0.15) is 58.3 Å². The van der Waals surface area contributed by atoms with E-state index in [-0.39, 0.29) is 23.6 Å². The van der Waals surface area contributed by atoms with Crippen LogP contribution in [0.25, 0.3) is 0 Å². The van der Waals surface area contributed by atoms with Crippen LogP contribution in [0.4, 0.5) is 0 Å². The SMILES string of the molecule is C[C@@H](CCC1CCCCC1)OC(=O)[C@@H]1CCS(=O)(=O)C1. The maximum Gasteiger partial charge on any atom is 0.310 e. The Bertz CT molecular complexity index is 423. The van der Waals surface area contributed by atoms with Crippen molar-refractivity contribution in [2.45, 2.75) is 64.4 Å². The molecule has 1 aliphatic carbocycles. The maximum absolute atomic E-state index is 11.9. The highest BCUT2D eigenvalue weighted by atomic mass is 32.2. The van der Waals surface area contributed by atoms with Crippen LogP contribution in [0.5, 0.6) is 0 Å². The lowest BCUT2D eigenvalue weighted by Gasteiger charge is -2.23. The minimum Gasteiger partial charge on any atom is -0.462 e. The summed E-state index contributed by atoms with van der Waals surface area (Å²) < 4.78 is 28.1. The molecule has 0 aromatic carbocycles. The highest BCUT2D eigenvalue weighted by molar-refractivity contribution is 7.91. The van der Waals surface area contributed by atoms with Crippen molar-refractivity contribution < 1.29 is 17.9 Å². The van der Waals surface area contributed by atoms with Gasteiger partial charge in [0.15, 0.2) is 9.84 Å². The lowest BCUT2D eigenvalue weighted by Crippen LogP contribution is -2.24. The average Bonchev–Trinajstić information content (AvgIpc) is 2.78. The van der Waals surface area contributed by atoms with Gasteiger partial charge in [0.25, 0.3) is 0 Å². The van der Waals surface area contributed by atoms with E-state index in [2.05, 4.69) is 0 Å². The molecule has 2 rings (SSSR count). The minimum absolute atomic E-state index is 0.0266. The van der Waals surface area contributed by atoms with Gasteiger partial charge in [-0.15, -0.1) is 0 Å². The molecule has 20 heavy (non-hydrogen) atoms. The van der Waals surface area contributed by atoms with Gasteiger partial charge in [-0.2, -0.15) is 0 Å². The first-order valence-electron chi connectivity index (χ1n) is 7.87. The molecular weight excluding hydrogens is 276 g/mol. The fourth-order valence-corrected chi connectivity index (χ4v) is 5.01. The van der Waals surface area contributed by atoms with Crippen molar-refractivity contribution in [1.82, 2.24) is 0 Å². The Balaban J connectivity index is 1.68. The van der Waals surface area contributed by atoms with Gasteiger partial charge in [-0.1, -0.05) is 32.1 Å². The van der Waals surface area contributed by atoms with E-state index in [9.17, 15) is 13.2 Å². The number of sulfone groups is 1. The molecule has 2 atom stereocenters. The second-order valence-corrected chi connectivity index (χ2v) is 8.66. The van der Waals surface area contributed by atoms with Crippen molar-refractivity contribution in [3.63, 3.8) is 0 Å². The zero-order valence-electron chi connectivity index (χ0n) is 12.3. The molecular formula is C15H26O4S. The predicted octanol–water partition coefficient (Wildman–Crippen LogP) is 2.71. The molecule has 1 aliphatic heterocycles. The fourth-order valence-electron chi connectivity index (χ4n) is 3.28. The molecule has 0 N–H and O–H groups in total. The number of esters is 1. The van der Waals surface area contributed by atoms with E-state index >= 15 is 0 Å². The van der Waals surface area contributed by atoms with E-state index in [1.807, 2.05) is 6.92 Å². The largest absolute Gasteiger partial charge is 0.462 e. The van der Waals surface area contributed by atoms with Gasteiger partial charge >= 0.3 is 5.97 Å². The molecule has 2 fully saturated rings. The van der Waals surface area contributed by atoms with Crippen molar-refractivity contribution >= 4 is 15.8 Å². The summed E-state index contributed by atoms with van der Waals surface area (Å²) in [5.74, 6) is 0.140. The second kappa shape index (κ2) is 6.92. The van der Waals surface area contributed by atoms with Crippen LogP contribution in [0.3, 0.4) is 0 Å². The van der Waals surface area contributed by atoms with E-state index in [4.69, 9.17) is 4.74 Å². The molecule has 0 aromatic rings. The van der Waals surface area contributed by atoms with E-state index < -0.39 is 15.8 Å². The van der Waals surface area contributed by atoms with Crippen molar-refractivity contribution in [2.24, 2.45) is 11.8 Å². The van der Waals surface area contributed by atoms with E-state index in [1.54, 1.807) is 0 Å². The van der Waals surface area contributed by atoms with Crippen molar-refractivity contribution in [3.8, 4) is 0 Å². The van der Waals surface area contributed by atoms with Gasteiger partial charge in [0.2, 0.25) is 0 Å². The van der Waals surface area contributed by atoms with Gasteiger partial charge in [-0.25, -0.2) is 8.42 Å². The molecule has 1 saturated carbocycles. The number of carbonyl (C=O) groups excluding carboxylic acids is 1. The number of hydrogen-bond donors (Lipinski definition) is 0. The van der Waals surface area contributed by atoms with E-state index in [0.29, 0.717) is 6.42 Å². The Morgan fingerprint density at radius 2 is 1.90 bits per heavy atom. The predicted molar refractivity (Wildman–Crippen MR) is 78.1 cm³/mol. The molecule has 5 heteroatoms. The summed E-state index contributed by atoms with van der Waals surface area (Å²) in [5.41, 5.74) is 0. The normalized spacial score (nSPS) is 28.1. The Labute approximate surface area is 122 Å². The van der Waals surface area contributed by atoms with Gasteiger partial charge in [0.1, 0.15) is 0 Å². The summed E-state index contributed by atoms with van der Waals surface area (Å²) in [7, 11) is -3.01. The summed E-state index contributed by atoms with van der Waals surface area (Å²) in [4.78, 5) is 11.9. The summed E-state index contributed by atoms with van der Waals surface area (Å²) in [6.07, 6.45) is 8.99. The summed E-state index contributed by atoms with van der Waals surface area (Å²) in [6.45, 7) is 1.92. The monoisotopic (exact) mass is 302 g/mol. The molecule has 2 aliphatic rings. The maximum atomic E-state index is 11.9. The van der Waals surface area contributed by atoms with Crippen molar-refractivity contribution in [2.75, 3.05) is 11.5 Å². The van der Waals surface area contributed by atoms with Crippen LogP contribution in [-0.2, 0) is 19.4 Å². The summed E-state index contributed by atoms with van der Waals surface area (Å²) in [5, 5.41) is 0. The van der Waals surface area contributed by atoms with Crippen molar-refractivity contribution in [3.05, 3.63) is 0 Å². The van der Waals surface area contributed by atoms with E-state index in [1.165, 1.54) is 32.1 Å². The summed E-state index contributed by atoms with van der Waals surface area (Å²) in [6, 6.07) is 0. The van der Waals surface area contributed by atoms with Crippen LogP contribution in [0, 0.1) is 11.8 Å². The average molecular weight is 302 g/mol. The minimum atomic E-state index is -3.01. The second-order valence-electron chi connectivity index (χ2n) is 6.43. The Morgan fingerprint density at radius 1 is 1.20 bits per heavy atom. The van der Waals surface area contributed by atoms with Crippen LogP contribution < -0.4 is 0 Å². The zero-order valence-corrected chi connectivity index (χ0v) is 13.2. The van der Waals surface area contributed by atoms with Gasteiger partial charge in [-0.3, -0.25) is 4.79 Å². The summed E-state index contributed by atoms with van der Waals surface area (Å²) >= 11 is 0. The molecule has 0 amide bonds. The standard InChI is InChI=1S/C15H26O4S/c1-12(7-8-13-5-3-2-4-6-13)19-15(16)14-9-10-20(17,18)11-14/h12-14H,2-11H2,1H3/t12-,14+/m0/s1. The van der Waals surface area contributed by atoms with Crippen LogP contribution >= 0.6 is 0 Å². The quantitative estimate of drug-likeness (QED) is 0.733. The molecule has 0 aromatic heterocycles. The lowest BCUT2D eigenvalue weighted by molar-refractivity contribution is -0.152. The molecule has 0 bridgehead atoms. The molecule has 1 saturated heterocycles. The fraction of sp³-hybridized carbons (Fsp3) is 0.933. The third-order valence-corrected chi connectivity index (χ3v) is 6.36. The number of hydrogen-bond acceptors (Lipinski definition) is 4. The zero-order chi connectivity index (χ0) is 14.6. The third-order valence-electron chi connectivity index (χ3n) is 4.59. The van der Waals surface area contributed by atoms with Crippen LogP contribution in [0.15, 0.2) is 0 Å². The van der Waals surface area contributed by atoms with Crippen LogP contribution in [0.2, 0.25) is 0 Å². The van der Waals surface area contributed by atoms with Gasteiger partial charge in [0, 0.05) is 0 Å². The number of carbonyl (C=O) groups is 1. The van der Waals surface area contributed by atoms with Gasteiger partial charge < -0.3 is 4.74 Å². The molecule has 0 unspecified atom stereocenters. The molecule has 4 nitrogen and oxygen atoms in total. The van der Waals surface area contributed by atoms with Crippen LogP contribution in [-0.4, -0.2) is 32.0 Å². The molecule has 116 valence electrons. The first-order chi connectivity index (χ1) is 9.46. The molecule has 0 spiro atoms. The molecule has 0 radical (unpaired) electrons.